The zero-order valence-electron chi connectivity index (χ0n) is 12.1. The Morgan fingerprint density at radius 1 is 1.32 bits per heavy atom. The van der Waals surface area contributed by atoms with Crippen molar-refractivity contribution >= 4 is 11.9 Å². The second kappa shape index (κ2) is 5.92. The third-order valence-electron chi connectivity index (χ3n) is 3.46. The Kier molecular flexibility index (Phi) is 3.82. The summed E-state index contributed by atoms with van der Waals surface area (Å²) in [6, 6.07) is 3.30. The van der Waals surface area contributed by atoms with E-state index in [1.54, 1.807) is 30.3 Å². The van der Waals surface area contributed by atoms with Gasteiger partial charge in [-0.1, -0.05) is 0 Å². The Bertz CT molecular complexity index is 724. The molecule has 22 heavy (non-hydrogen) atoms. The molecule has 1 aliphatic heterocycles. The Balaban J connectivity index is 1.52. The first kappa shape index (κ1) is 14.2. The van der Waals surface area contributed by atoms with Crippen molar-refractivity contribution in [1.82, 2.24) is 24.4 Å². The van der Waals surface area contributed by atoms with Crippen molar-refractivity contribution in [3.63, 3.8) is 0 Å². The van der Waals surface area contributed by atoms with Gasteiger partial charge in [-0.05, 0) is 13.0 Å². The minimum Gasteiger partial charge on any atom is -0.348 e. The van der Waals surface area contributed by atoms with Crippen LogP contribution >= 0.6 is 0 Å². The predicted octanol–water partition coefficient (Wildman–Crippen LogP) is -0.335. The van der Waals surface area contributed by atoms with Gasteiger partial charge in [0.25, 0.3) is 5.56 Å². The van der Waals surface area contributed by atoms with Gasteiger partial charge in [-0.15, -0.1) is 0 Å². The van der Waals surface area contributed by atoms with Crippen LogP contribution in [0.25, 0.3) is 0 Å². The smallest absolute Gasteiger partial charge is 0.253 e. The normalized spacial score (nSPS) is 14.5. The molecule has 0 saturated carbocycles. The van der Waals surface area contributed by atoms with E-state index in [4.69, 9.17) is 0 Å². The fraction of sp³-hybridized carbons (Fsp3) is 0.357. The predicted molar refractivity (Wildman–Crippen MR) is 79.3 cm³/mol. The highest BCUT2D eigenvalue weighted by Crippen LogP contribution is 2.12. The average molecular weight is 300 g/mol. The molecule has 0 radical (unpaired) electrons. The molecule has 0 atom stereocenters. The molecule has 1 aliphatic rings. The summed E-state index contributed by atoms with van der Waals surface area (Å²) in [5.41, 5.74) is 0.429. The lowest BCUT2D eigenvalue weighted by atomic mass is 10.1. The highest BCUT2D eigenvalue weighted by Gasteiger charge is 2.31. The third-order valence-corrected chi connectivity index (χ3v) is 3.46. The lowest BCUT2D eigenvalue weighted by molar-refractivity contribution is -0.135. The average Bonchev–Trinajstić information content (AvgIpc) is 2.46. The number of likely N-dealkylation sites (tertiary alicyclic amines) is 1. The zero-order valence-corrected chi connectivity index (χ0v) is 12.1. The molecule has 114 valence electrons. The first-order valence-corrected chi connectivity index (χ1v) is 6.96. The summed E-state index contributed by atoms with van der Waals surface area (Å²) in [5, 5.41) is 3.15. The molecule has 8 nitrogen and oxygen atoms in total. The fourth-order valence-electron chi connectivity index (χ4n) is 2.21. The molecule has 2 aromatic heterocycles. The summed E-state index contributed by atoms with van der Waals surface area (Å²) in [5.74, 6) is 0.457. The van der Waals surface area contributed by atoms with Crippen LogP contribution in [0.2, 0.25) is 0 Å². The van der Waals surface area contributed by atoms with Crippen LogP contribution in [0.4, 0.5) is 5.95 Å². The second-order valence-electron chi connectivity index (χ2n) is 5.21. The van der Waals surface area contributed by atoms with Crippen molar-refractivity contribution in [2.24, 2.45) is 0 Å². The number of aromatic nitrogens is 4. The molecule has 3 heterocycles. The molecule has 0 unspecified atom stereocenters. The molecule has 1 amide bonds. The number of anilines is 1. The molecule has 2 aromatic rings. The van der Waals surface area contributed by atoms with Crippen LogP contribution in [-0.4, -0.2) is 49.5 Å². The molecule has 1 N–H and O–H groups in total. The first-order chi connectivity index (χ1) is 10.6. The molecule has 0 aliphatic carbocycles. The number of amides is 1. The van der Waals surface area contributed by atoms with Gasteiger partial charge < -0.3 is 10.2 Å². The van der Waals surface area contributed by atoms with E-state index in [2.05, 4.69) is 20.3 Å². The van der Waals surface area contributed by atoms with Crippen molar-refractivity contribution < 1.29 is 4.79 Å². The van der Waals surface area contributed by atoms with Crippen LogP contribution in [0.15, 0.2) is 35.6 Å². The summed E-state index contributed by atoms with van der Waals surface area (Å²) in [7, 11) is 0. The molecule has 0 spiro atoms. The minimum absolute atomic E-state index is 0.0146. The molecule has 1 saturated heterocycles. The van der Waals surface area contributed by atoms with E-state index in [-0.39, 0.29) is 24.1 Å². The van der Waals surface area contributed by atoms with Crippen LogP contribution in [0.1, 0.15) is 5.69 Å². The summed E-state index contributed by atoms with van der Waals surface area (Å²) in [4.78, 5) is 37.7. The molecule has 1 fully saturated rings. The number of nitrogens with one attached hydrogen (secondary N) is 1. The van der Waals surface area contributed by atoms with E-state index in [1.165, 1.54) is 17.0 Å². The summed E-state index contributed by atoms with van der Waals surface area (Å²) in [6.07, 6.45) is 4.73. The number of aryl methyl sites for hydroxylation is 1. The van der Waals surface area contributed by atoms with Crippen molar-refractivity contribution in [2.75, 3.05) is 18.4 Å². The largest absolute Gasteiger partial charge is 0.348 e. The Hall–Kier alpha value is -2.77. The Labute approximate surface area is 126 Å². The molecular formula is C14H16N6O2. The zero-order chi connectivity index (χ0) is 15.5. The quantitative estimate of drug-likeness (QED) is 0.830. The molecule has 0 aromatic carbocycles. The lowest BCUT2D eigenvalue weighted by Gasteiger charge is -2.39. The van der Waals surface area contributed by atoms with E-state index < -0.39 is 0 Å². The van der Waals surface area contributed by atoms with E-state index in [1.807, 2.05) is 0 Å². The van der Waals surface area contributed by atoms with Gasteiger partial charge in [0.15, 0.2) is 0 Å². The van der Waals surface area contributed by atoms with Crippen LogP contribution < -0.4 is 10.9 Å². The highest BCUT2D eigenvalue weighted by molar-refractivity contribution is 5.77. The SMILES string of the molecule is Cc1cc(=O)n(CC(=O)N2CC(Nc3ncccn3)C2)cn1. The van der Waals surface area contributed by atoms with Crippen molar-refractivity contribution in [3.05, 3.63) is 46.9 Å². The monoisotopic (exact) mass is 300 g/mol. The second-order valence-corrected chi connectivity index (χ2v) is 5.21. The number of hydrogen-bond acceptors (Lipinski definition) is 6. The number of carbonyl (C=O) groups excluding carboxylic acids is 1. The van der Waals surface area contributed by atoms with Gasteiger partial charge in [0, 0.05) is 37.2 Å². The molecular weight excluding hydrogens is 284 g/mol. The maximum absolute atomic E-state index is 12.1. The maximum Gasteiger partial charge on any atom is 0.253 e. The summed E-state index contributed by atoms with van der Waals surface area (Å²) in [6.45, 7) is 2.90. The van der Waals surface area contributed by atoms with Gasteiger partial charge in [-0.2, -0.15) is 0 Å². The van der Waals surface area contributed by atoms with Crippen molar-refractivity contribution in [2.45, 2.75) is 19.5 Å². The first-order valence-electron chi connectivity index (χ1n) is 6.96. The van der Waals surface area contributed by atoms with Gasteiger partial charge >= 0.3 is 0 Å². The van der Waals surface area contributed by atoms with E-state index >= 15 is 0 Å². The molecule has 8 heteroatoms. The van der Waals surface area contributed by atoms with Crippen LogP contribution in [0, 0.1) is 6.92 Å². The summed E-state index contributed by atoms with van der Waals surface area (Å²) < 4.78 is 1.32. The summed E-state index contributed by atoms with van der Waals surface area (Å²) >= 11 is 0. The van der Waals surface area contributed by atoms with Crippen LogP contribution in [0.5, 0.6) is 0 Å². The number of rotatable bonds is 4. The van der Waals surface area contributed by atoms with Gasteiger partial charge in [-0.3, -0.25) is 14.2 Å². The van der Waals surface area contributed by atoms with Gasteiger partial charge in [0.05, 0.1) is 12.4 Å². The van der Waals surface area contributed by atoms with Crippen molar-refractivity contribution in [1.29, 1.82) is 0 Å². The topological polar surface area (TPSA) is 93.0 Å². The molecule has 3 rings (SSSR count). The van der Waals surface area contributed by atoms with Gasteiger partial charge in [0.2, 0.25) is 11.9 Å². The van der Waals surface area contributed by atoms with Gasteiger partial charge in [0.1, 0.15) is 6.54 Å². The van der Waals surface area contributed by atoms with Crippen LogP contribution in [-0.2, 0) is 11.3 Å². The third kappa shape index (κ3) is 3.11. The highest BCUT2D eigenvalue weighted by atomic mass is 16.2. The van der Waals surface area contributed by atoms with E-state index in [9.17, 15) is 9.59 Å². The number of hydrogen-bond donors (Lipinski definition) is 1. The minimum atomic E-state index is -0.214. The lowest BCUT2D eigenvalue weighted by Crippen LogP contribution is -2.58. The molecule has 0 bridgehead atoms. The maximum atomic E-state index is 12.1. The standard InChI is InChI=1S/C14H16N6O2/c1-10-5-12(21)20(9-17-10)8-13(22)19-6-11(7-19)18-14-15-3-2-4-16-14/h2-5,9,11H,6-8H2,1H3,(H,15,16,18). The number of carbonyl (C=O) groups is 1. The Morgan fingerprint density at radius 2 is 2.05 bits per heavy atom. The number of nitrogens with zero attached hydrogens (tertiary/aromatic N) is 5. The Morgan fingerprint density at radius 3 is 2.73 bits per heavy atom. The van der Waals surface area contributed by atoms with E-state index in [0.29, 0.717) is 24.7 Å². The van der Waals surface area contributed by atoms with Crippen molar-refractivity contribution in [3.8, 4) is 0 Å². The van der Waals surface area contributed by atoms with E-state index in [0.717, 1.165) is 0 Å². The fourth-order valence-corrected chi connectivity index (χ4v) is 2.21. The van der Waals surface area contributed by atoms with Gasteiger partial charge in [-0.25, -0.2) is 15.0 Å². The van der Waals surface area contributed by atoms with Crippen LogP contribution in [0.3, 0.4) is 0 Å².